The Kier molecular flexibility index (Phi) is 7.37. The van der Waals surface area contributed by atoms with Crippen molar-refractivity contribution < 1.29 is 10.2 Å². The summed E-state index contributed by atoms with van der Waals surface area (Å²) in [6.45, 7) is -0.00264. The van der Waals surface area contributed by atoms with Gasteiger partial charge in [-0.1, -0.05) is 146 Å². The summed E-state index contributed by atoms with van der Waals surface area (Å²) in [7, 11) is 0. The van der Waals surface area contributed by atoms with E-state index in [1.165, 1.54) is 32.7 Å². The molecule has 0 fully saturated rings. The van der Waals surface area contributed by atoms with Crippen molar-refractivity contribution in [2.24, 2.45) is 0 Å². The first kappa shape index (κ1) is 25.5. The molecule has 6 aromatic carbocycles. The normalized spacial score (nSPS) is 11.8. The molecule has 0 saturated carbocycles. The fraction of sp³-hybridized carbons (Fsp3) is 0.0526. The van der Waals surface area contributed by atoms with Crippen molar-refractivity contribution >= 4 is 45.8 Å². The van der Waals surface area contributed by atoms with E-state index in [4.69, 9.17) is 0 Å². The molecule has 0 unspecified atom stereocenters. The molecule has 0 aliphatic heterocycles. The van der Waals surface area contributed by atoms with Crippen molar-refractivity contribution in [3.63, 3.8) is 0 Å². The Morgan fingerprint density at radius 2 is 0.750 bits per heavy atom. The molecular weight excluding hydrogens is 488 g/mol. The van der Waals surface area contributed by atoms with Crippen molar-refractivity contribution in [1.29, 1.82) is 0 Å². The number of rotatable bonds is 7. The largest absolute Gasteiger partial charge is 0.392 e. The van der Waals surface area contributed by atoms with E-state index in [1.807, 2.05) is 48.5 Å². The zero-order chi connectivity index (χ0) is 27.3. The van der Waals surface area contributed by atoms with Crippen LogP contribution in [0.4, 0.5) is 0 Å². The fourth-order valence-electron chi connectivity index (χ4n) is 5.45. The molecular formula is C38H30O2. The summed E-state index contributed by atoms with van der Waals surface area (Å²) in [4.78, 5) is 0. The SMILES string of the molecule is OCc1ccccc1/C=C/c1ccc2ccccc2c1-c1c(/C=C/c2ccccc2CO)ccc2ccccc12. The van der Waals surface area contributed by atoms with Gasteiger partial charge in [-0.15, -0.1) is 0 Å². The van der Waals surface area contributed by atoms with Crippen LogP contribution in [0, 0.1) is 0 Å². The van der Waals surface area contributed by atoms with Gasteiger partial charge in [0.25, 0.3) is 0 Å². The molecule has 0 aromatic heterocycles. The average Bonchev–Trinajstić information content (AvgIpc) is 3.02. The van der Waals surface area contributed by atoms with Crippen LogP contribution in [0.1, 0.15) is 33.4 Å². The Morgan fingerprint density at radius 1 is 0.375 bits per heavy atom. The topological polar surface area (TPSA) is 40.5 Å². The van der Waals surface area contributed by atoms with Gasteiger partial charge in [-0.2, -0.15) is 0 Å². The van der Waals surface area contributed by atoms with E-state index in [9.17, 15) is 10.2 Å². The van der Waals surface area contributed by atoms with Gasteiger partial charge in [0.1, 0.15) is 0 Å². The highest BCUT2D eigenvalue weighted by atomic mass is 16.3. The van der Waals surface area contributed by atoms with E-state index in [-0.39, 0.29) is 13.2 Å². The maximum Gasteiger partial charge on any atom is 0.0687 e. The van der Waals surface area contributed by atoms with Crippen LogP contribution in [-0.2, 0) is 13.2 Å². The van der Waals surface area contributed by atoms with Crippen molar-refractivity contribution in [1.82, 2.24) is 0 Å². The van der Waals surface area contributed by atoms with Gasteiger partial charge >= 0.3 is 0 Å². The minimum atomic E-state index is -0.00132. The van der Waals surface area contributed by atoms with E-state index < -0.39 is 0 Å². The second-order valence-electron chi connectivity index (χ2n) is 9.88. The van der Waals surface area contributed by atoms with Gasteiger partial charge < -0.3 is 10.2 Å². The molecule has 40 heavy (non-hydrogen) atoms. The number of aliphatic hydroxyl groups is 2. The lowest BCUT2D eigenvalue weighted by molar-refractivity contribution is 0.281. The third-order valence-corrected chi connectivity index (χ3v) is 7.51. The summed E-state index contributed by atoms with van der Waals surface area (Å²) in [6.07, 6.45) is 8.51. The van der Waals surface area contributed by atoms with Crippen molar-refractivity contribution in [3.05, 3.63) is 155 Å². The van der Waals surface area contributed by atoms with E-state index in [2.05, 4.69) is 97.1 Å². The van der Waals surface area contributed by atoms with Gasteiger partial charge in [0.05, 0.1) is 13.2 Å². The van der Waals surface area contributed by atoms with Crippen molar-refractivity contribution in [2.45, 2.75) is 13.2 Å². The van der Waals surface area contributed by atoms with Gasteiger partial charge in [0, 0.05) is 0 Å². The molecule has 0 radical (unpaired) electrons. The lowest BCUT2D eigenvalue weighted by atomic mass is 9.86. The quantitative estimate of drug-likeness (QED) is 0.207. The lowest BCUT2D eigenvalue weighted by Gasteiger charge is -2.17. The Balaban J connectivity index is 1.62. The molecule has 0 heterocycles. The first-order valence-electron chi connectivity index (χ1n) is 13.5. The maximum absolute atomic E-state index is 9.88. The summed E-state index contributed by atoms with van der Waals surface area (Å²) in [6, 6.07) is 41.7. The highest BCUT2D eigenvalue weighted by molar-refractivity contribution is 6.11. The van der Waals surface area contributed by atoms with Crippen LogP contribution in [0.25, 0.3) is 57.0 Å². The minimum absolute atomic E-state index is 0.00132. The summed E-state index contributed by atoms with van der Waals surface area (Å²) in [5, 5.41) is 24.5. The second-order valence-corrected chi connectivity index (χ2v) is 9.88. The average molecular weight is 519 g/mol. The maximum atomic E-state index is 9.88. The molecule has 0 spiro atoms. The Bertz CT molecular complexity index is 1740. The molecule has 6 aromatic rings. The van der Waals surface area contributed by atoms with Crippen molar-refractivity contribution in [2.75, 3.05) is 0 Å². The zero-order valence-corrected chi connectivity index (χ0v) is 22.2. The van der Waals surface area contributed by atoms with E-state index in [1.54, 1.807) is 0 Å². The van der Waals surface area contributed by atoms with Gasteiger partial charge in [-0.3, -0.25) is 0 Å². The van der Waals surface area contributed by atoms with Gasteiger partial charge in [0.15, 0.2) is 0 Å². The molecule has 0 amide bonds. The molecule has 0 bridgehead atoms. The van der Waals surface area contributed by atoms with Crippen LogP contribution in [0.5, 0.6) is 0 Å². The van der Waals surface area contributed by atoms with Crippen LogP contribution in [0.2, 0.25) is 0 Å². The van der Waals surface area contributed by atoms with E-state index in [0.29, 0.717) is 0 Å². The molecule has 194 valence electrons. The summed E-state index contributed by atoms with van der Waals surface area (Å²) in [5.74, 6) is 0. The molecule has 0 saturated heterocycles. The lowest BCUT2D eigenvalue weighted by Crippen LogP contribution is -1.93. The monoisotopic (exact) mass is 518 g/mol. The summed E-state index contributed by atoms with van der Waals surface area (Å²) < 4.78 is 0. The first-order chi connectivity index (χ1) is 19.8. The van der Waals surface area contributed by atoms with Crippen LogP contribution < -0.4 is 0 Å². The molecule has 2 heteroatoms. The van der Waals surface area contributed by atoms with Crippen LogP contribution in [0.3, 0.4) is 0 Å². The number of fused-ring (bicyclic) bond motifs is 2. The molecule has 0 aliphatic rings. The second kappa shape index (κ2) is 11.5. The minimum Gasteiger partial charge on any atom is -0.392 e. The van der Waals surface area contributed by atoms with Crippen LogP contribution in [-0.4, -0.2) is 10.2 Å². The van der Waals surface area contributed by atoms with Crippen LogP contribution in [0.15, 0.2) is 121 Å². The highest BCUT2D eigenvalue weighted by Gasteiger charge is 2.15. The zero-order valence-electron chi connectivity index (χ0n) is 22.2. The van der Waals surface area contributed by atoms with Gasteiger partial charge in [0.2, 0.25) is 0 Å². The number of hydrogen-bond donors (Lipinski definition) is 2. The predicted molar refractivity (Wildman–Crippen MR) is 169 cm³/mol. The smallest absolute Gasteiger partial charge is 0.0687 e. The number of hydrogen-bond acceptors (Lipinski definition) is 2. The van der Waals surface area contributed by atoms with Gasteiger partial charge in [-0.25, -0.2) is 0 Å². The predicted octanol–water partition coefficient (Wildman–Crippen LogP) is 8.99. The first-order valence-corrected chi connectivity index (χ1v) is 13.5. The Labute approximate surface area is 234 Å². The van der Waals surface area contributed by atoms with E-state index >= 15 is 0 Å². The van der Waals surface area contributed by atoms with E-state index in [0.717, 1.165) is 33.4 Å². The summed E-state index contributed by atoms with van der Waals surface area (Å²) in [5.41, 5.74) is 8.35. The summed E-state index contributed by atoms with van der Waals surface area (Å²) >= 11 is 0. The van der Waals surface area contributed by atoms with Crippen molar-refractivity contribution in [3.8, 4) is 11.1 Å². The standard InChI is InChI=1S/C38H30O2/c39-25-33-13-3-1-9-27(33)17-21-31-23-19-29-11-5-7-15-35(29)37(31)38-32(24-20-30-12-6-8-16-36(30)38)22-18-28-10-2-4-14-34(28)26-40/h1-24,39-40H,25-26H2/b21-17+,22-18+. The molecule has 0 atom stereocenters. The Morgan fingerprint density at radius 3 is 1.20 bits per heavy atom. The molecule has 0 aliphatic carbocycles. The third-order valence-electron chi connectivity index (χ3n) is 7.51. The highest BCUT2D eigenvalue weighted by Crippen LogP contribution is 2.40. The molecule has 2 nitrogen and oxygen atoms in total. The van der Waals surface area contributed by atoms with Crippen LogP contribution >= 0.6 is 0 Å². The fourth-order valence-corrected chi connectivity index (χ4v) is 5.45. The molecule has 6 rings (SSSR count). The molecule has 2 N–H and O–H groups in total. The number of benzene rings is 6. The van der Waals surface area contributed by atoms with Gasteiger partial charge in [-0.05, 0) is 66.1 Å². The number of aliphatic hydroxyl groups excluding tert-OH is 2. The Hall–Kier alpha value is -4.76. The third kappa shape index (κ3) is 4.99.